The Morgan fingerprint density at radius 2 is 1.61 bits per heavy atom. The van der Waals surface area contributed by atoms with Gasteiger partial charge in [0, 0.05) is 38.1 Å². The number of benzene rings is 1. The summed E-state index contributed by atoms with van der Waals surface area (Å²) in [6, 6.07) is 6.69. The summed E-state index contributed by atoms with van der Waals surface area (Å²) in [5, 5.41) is 4.94. The number of carbonyl (C=O) groups is 3. The molecule has 1 aliphatic heterocycles. The number of esters is 1. The number of carbonyl (C=O) groups excluding carboxylic acids is 3. The quantitative estimate of drug-likeness (QED) is 0.635. The number of rotatable bonds is 6. The fourth-order valence-corrected chi connectivity index (χ4v) is 3.39. The number of amides is 2. The molecule has 1 aromatic heterocycles. The first-order valence-electron chi connectivity index (χ1n) is 10.3. The van der Waals surface area contributed by atoms with E-state index in [2.05, 4.69) is 5.10 Å². The van der Waals surface area contributed by atoms with Crippen molar-refractivity contribution in [3.63, 3.8) is 0 Å². The Morgan fingerprint density at radius 3 is 2.26 bits per heavy atom. The van der Waals surface area contributed by atoms with Crippen LogP contribution >= 0.6 is 0 Å². The monoisotopic (exact) mass is 430 g/mol. The van der Waals surface area contributed by atoms with Gasteiger partial charge in [0.15, 0.2) is 12.3 Å². The summed E-state index contributed by atoms with van der Waals surface area (Å²) in [6.07, 6.45) is 0.275. The Hall–Kier alpha value is -3.43. The predicted molar refractivity (Wildman–Crippen MR) is 112 cm³/mol. The lowest BCUT2D eigenvalue weighted by Gasteiger charge is -2.33. The Bertz CT molecular complexity index is 1030. The molecule has 2 heterocycles. The second kappa shape index (κ2) is 10.1. The van der Waals surface area contributed by atoms with Crippen LogP contribution in [0.25, 0.3) is 10.8 Å². The molecule has 1 fully saturated rings. The summed E-state index contributed by atoms with van der Waals surface area (Å²) in [7, 11) is 0. The molecule has 0 N–H and O–H groups in total. The second-order valence-electron chi connectivity index (χ2n) is 7.07. The highest BCUT2D eigenvalue weighted by atomic mass is 16.6. The molecule has 0 atom stereocenters. The van der Waals surface area contributed by atoms with Crippen LogP contribution in [0.15, 0.2) is 29.1 Å². The summed E-state index contributed by atoms with van der Waals surface area (Å²) in [5.74, 6) is -1.12. The van der Waals surface area contributed by atoms with Gasteiger partial charge >= 0.3 is 12.1 Å². The van der Waals surface area contributed by atoms with Gasteiger partial charge in [-0.25, -0.2) is 14.3 Å². The minimum absolute atomic E-state index is 0.00332. The van der Waals surface area contributed by atoms with E-state index in [-0.39, 0.29) is 17.2 Å². The minimum Gasteiger partial charge on any atom is -0.451 e. The molecule has 1 saturated heterocycles. The highest BCUT2D eigenvalue weighted by molar-refractivity contribution is 6.02. The van der Waals surface area contributed by atoms with E-state index in [1.807, 2.05) is 6.92 Å². The van der Waals surface area contributed by atoms with Gasteiger partial charge < -0.3 is 19.3 Å². The van der Waals surface area contributed by atoms with Crippen molar-refractivity contribution in [2.24, 2.45) is 0 Å². The molecule has 0 aliphatic carbocycles. The highest BCUT2D eigenvalue weighted by Crippen LogP contribution is 2.15. The van der Waals surface area contributed by atoms with Gasteiger partial charge in [-0.05, 0) is 19.4 Å². The zero-order valence-electron chi connectivity index (χ0n) is 17.7. The van der Waals surface area contributed by atoms with Crippen molar-refractivity contribution in [1.82, 2.24) is 19.6 Å². The first-order chi connectivity index (χ1) is 15.0. The molecule has 0 spiro atoms. The van der Waals surface area contributed by atoms with Crippen molar-refractivity contribution in [3.05, 3.63) is 40.3 Å². The SMILES string of the molecule is CCCn1nc(C(=O)OCC(=O)N2CCN(C(=O)OCC)CC2)c2ccccc2c1=O. The molecule has 10 nitrogen and oxygen atoms in total. The number of aryl methyl sites for hydroxylation is 1. The summed E-state index contributed by atoms with van der Waals surface area (Å²) >= 11 is 0. The van der Waals surface area contributed by atoms with Gasteiger partial charge in [-0.15, -0.1) is 0 Å². The zero-order valence-corrected chi connectivity index (χ0v) is 17.7. The van der Waals surface area contributed by atoms with E-state index < -0.39 is 18.7 Å². The fraction of sp³-hybridized carbons (Fsp3) is 0.476. The third kappa shape index (κ3) is 5.01. The maximum Gasteiger partial charge on any atom is 0.409 e. The van der Waals surface area contributed by atoms with Gasteiger partial charge in [-0.2, -0.15) is 5.10 Å². The molecular formula is C21H26N4O6. The highest BCUT2D eigenvalue weighted by Gasteiger charge is 2.26. The number of hydrogen-bond acceptors (Lipinski definition) is 7. The molecule has 0 saturated carbocycles. The Balaban J connectivity index is 1.65. The van der Waals surface area contributed by atoms with Crippen LogP contribution in [0.2, 0.25) is 0 Å². The molecule has 0 radical (unpaired) electrons. The largest absolute Gasteiger partial charge is 0.451 e. The predicted octanol–water partition coefficient (Wildman–Crippen LogP) is 1.26. The Labute approximate surface area is 179 Å². The van der Waals surface area contributed by atoms with Gasteiger partial charge in [0.1, 0.15) is 0 Å². The van der Waals surface area contributed by atoms with Crippen LogP contribution in [-0.4, -0.2) is 76.9 Å². The lowest BCUT2D eigenvalue weighted by molar-refractivity contribution is -0.136. The molecule has 166 valence electrons. The van der Waals surface area contributed by atoms with Crippen molar-refractivity contribution < 1.29 is 23.9 Å². The third-order valence-corrected chi connectivity index (χ3v) is 4.98. The normalized spacial score (nSPS) is 13.9. The molecule has 10 heteroatoms. The number of ether oxygens (including phenoxy) is 2. The van der Waals surface area contributed by atoms with Gasteiger partial charge in [-0.3, -0.25) is 9.59 Å². The standard InChI is InChI=1S/C21H26N4O6/c1-3-9-25-19(27)16-8-6-5-7-15(16)18(22-25)20(28)31-14-17(26)23-10-12-24(13-11-23)21(29)30-4-2/h5-8H,3-4,9-14H2,1-2H3. The number of fused-ring (bicyclic) bond motifs is 1. The maximum atomic E-state index is 12.7. The molecule has 2 aromatic rings. The van der Waals surface area contributed by atoms with Crippen LogP contribution in [0.4, 0.5) is 4.79 Å². The van der Waals surface area contributed by atoms with Gasteiger partial charge in [0.25, 0.3) is 11.5 Å². The number of aromatic nitrogens is 2. The third-order valence-electron chi connectivity index (χ3n) is 4.98. The van der Waals surface area contributed by atoms with Crippen molar-refractivity contribution in [2.75, 3.05) is 39.4 Å². The fourth-order valence-electron chi connectivity index (χ4n) is 3.39. The lowest BCUT2D eigenvalue weighted by Crippen LogP contribution is -2.51. The first-order valence-corrected chi connectivity index (χ1v) is 10.3. The van der Waals surface area contributed by atoms with Crippen molar-refractivity contribution in [2.45, 2.75) is 26.8 Å². The van der Waals surface area contributed by atoms with Crippen molar-refractivity contribution in [3.8, 4) is 0 Å². The van der Waals surface area contributed by atoms with Gasteiger partial charge in [-0.1, -0.05) is 25.1 Å². The summed E-state index contributed by atoms with van der Waals surface area (Å²) < 4.78 is 11.4. The molecule has 0 bridgehead atoms. The molecular weight excluding hydrogens is 404 g/mol. The molecule has 0 unspecified atom stereocenters. The van der Waals surface area contributed by atoms with Crippen LogP contribution in [0.1, 0.15) is 30.8 Å². The van der Waals surface area contributed by atoms with Crippen molar-refractivity contribution in [1.29, 1.82) is 0 Å². The van der Waals surface area contributed by atoms with E-state index in [1.165, 1.54) is 14.5 Å². The Morgan fingerprint density at radius 1 is 0.968 bits per heavy atom. The van der Waals surface area contributed by atoms with E-state index in [0.717, 1.165) is 0 Å². The van der Waals surface area contributed by atoms with Crippen molar-refractivity contribution >= 4 is 28.7 Å². The van der Waals surface area contributed by atoms with E-state index in [1.54, 1.807) is 31.2 Å². The summed E-state index contributed by atoms with van der Waals surface area (Å²) in [4.78, 5) is 52.5. The smallest absolute Gasteiger partial charge is 0.409 e. The van der Waals surface area contributed by atoms with Crippen LogP contribution in [0.5, 0.6) is 0 Å². The molecule has 31 heavy (non-hydrogen) atoms. The van der Waals surface area contributed by atoms with Gasteiger partial charge in [0.05, 0.1) is 12.0 Å². The first kappa shape index (κ1) is 22.3. The summed E-state index contributed by atoms with van der Waals surface area (Å²) in [6.45, 7) is 5.23. The van der Waals surface area contributed by atoms with Gasteiger partial charge in [0.2, 0.25) is 0 Å². The number of nitrogens with zero attached hydrogens (tertiary/aromatic N) is 4. The zero-order chi connectivity index (χ0) is 22.4. The molecule has 3 rings (SSSR count). The summed E-state index contributed by atoms with van der Waals surface area (Å²) in [5.41, 5.74) is -0.270. The topological polar surface area (TPSA) is 111 Å². The van der Waals surface area contributed by atoms with E-state index in [0.29, 0.717) is 56.5 Å². The second-order valence-corrected chi connectivity index (χ2v) is 7.07. The molecule has 2 amide bonds. The van der Waals surface area contributed by atoms with Crippen LogP contribution in [0, 0.1) is 0 Å². The van der Waals surface area contributed by atoms with E-state index in [4.69, 9.17) is 9.47 Å². The van der Waals surface area contributed by atoms with Crippen LogP contribution in [-0.2, 0) is 20.8 Å². The number of hydrogen-bond donors (Lipinski definition) is 0. The van der Waals surface area contributed by atoms with Crippen LogP contribution < -0.4 is 5.56 Å². The average Bonchev–Trinajstić information content (AvgIpc) is 2.79. The number of piperazine rings is 1. The maximum absolute atomic E-state index is 12.7. The van der Waals surface area contributed by atoms with E-state index in [9.17, 15) is 19.2 Å². The van der Waals surface area contributed by atoms with E-state index >= 15 is 0 Å². The Kier molecular flexibility index (Phi) is 7.22. The molecule has 1 aliphatic rings. The lowest BCUT2D eigenvalue weighted by atomic mass is 10.1. The molecule has 1 aromatic carbocycles. The average molecular weight is 430 g/mol. The minimum atomic E-state index is -0.764. The van der Waals surface area contributed by atoms with Crippen LogP contribution in [0.3, 0.4) is 0 Å².